The number of carbonyl (C=O) groups is 1. The van der Waals surface area contributed by atoms with Crippen molar-refractivity contribution in [1.82, 2.24) is 0 Å². The van der Waals surface area contributed by atoms with Crippen LogP contribution in [0.5, 0.6) is 5.75 Å². The van der Waals surface area contributed by atoms with Crippen molar-refractivity contribution in [3.05, 3.63) is 29.8 Å². The zero-order valence-corrected chi connectivity index (χ0v) is 12.4. The first-order valence-corrected chi connectivity index (χ1v) is 7.75. The molecule has 104 valence electrons. The van der Waals surface area contributed by atoms with E-state index in [0.717, 1.165) is 42.7 Å². The monoisotopic (exact) mass is 278 g/mol. The number of hydrogen-bond acceptors (Lipinski definition) is 3. The molecule has 1 aromatic carbocycles. The molecule has 0 radical (unpaired) electrons. The Bertz CT molecular complexity index is 405. The van der Waals surface area contributed by atoms with E-state index < -0.39 is 0 Å². The Kier molecular flexibility index (Phi) is 5.32. The lowest BCUT2D eigenvalue weighted by Gasteiger charge is -2.26. The van der Waals surface area contributed by atoms with Crippen molar-refractivity contribution < 1.29 is 9.53 Å². The summed E-state index contributed by atoms with van der Waals surface area (Å²) in [6.07, 6.45) is 4.29. The van der Waals surface area contributed by atoms with Crippen LogP contribution in [-0.2, 0) is 0 Å². The first-order valence-electron chi connectivity index (χ1n) is 7.12. The third kappa shape index (κ3) is 3.75. The van der Waals surface area contributed by atoms with Crippen LogP contribution in [0.4, 0.5) is 0 Å². The third-order valence-corrected chi connectivity index (χ3v) is 4.44. The molecule has 0 aromatic heterocycles. The van der Waals surface area contributed by atoms with Gasteiger partial charge >= 0.3 is 0 Å². The third-order valence-electron chi connectivity index (χ3n) is 3.93. The second kappa shape index (κ2) is 6.99. The minimum Gasteiger partial charge on any atom is -0.494 e. The summed E-state index contributed by atoms with van der Waals surface area (Å²) in [5, 5.41) is 0. The molecule has 0 heterocycles. The standard InChI is InChI=1S/C16H22O2S/c1-2-18-15-9-7-14(8-10-15)16(17)13-5-3-12(11-19)4-6-13/h7-10,12-13,19H,2-6,11H2,1H3. The van der Waals surface area contributed by atoms with Crippen molar-refractivity contribution in [3.63, 3.8) is 0 Å². The van der Waals surface area contributed by atoms with Gasteiger partial charge in [-0.2, -0.15) is 12.6 Å². The van der Waals surface area contributed by atoms with Crippen LogP contribution in [0.15, 0.2) is 24.3 Å². The van der Waals surface area contributed by atoms with Crippen molar-refractivity contribution in [2.45, 2.75) is 32.6 Å². The average Bonchev–Trinajstić information content (AvgIpc) is 2.48. The highest BCUT2D eigenvalue weighted by Crippen LogP contribution is 2.31. The van der Waals surface area contributed by atoms with Gasteiger partial charge in [0.25, 0.3) is 0 Å². The first-order chi connectivity index (χ1) is 9.24. The summed E-state index contributed by atoms with van der Waals surface area (Å²) in [5.41, 5.74) is 0.817. The fraction of sp³-hybridized carbons (Fsp3) is 0.562. The van der Waals surface area contributed by atoms with E-state index in [-0.39, 0.29) is 5.92 Å². The molecule has 0 N–H and O–H groups in total. The summed E-state index contributed by atoms with van der Waals surface area (Å²) in [5.74, 6) is 2.98. The molecule has 3 heteroatoms. The van der Waals surface area contributed by atoms with Gasteiger partial charge in [-0.25, -0.2) is 0 Å². The number of rotatable bonds is 5. The fourth-order valence-electron chi connectivity index (χ4n) is 2.73. The Morgan fingerprint density at radius 2 is 1.84 bits per heavy atom. The van der Waals surface area contributed by atoms with Gasteiger partial charge in [-0.05, 0) is 68.5 Å². The maximum atomic E-state index is 12.4. The number of thiol groups is 1. The van der Waals surface area contributed by atoms with E-state index in [1.807, 2.05) is 31.2 Å². The molecule has 1 aromatic rings. The molecular weight excluding hydrogens is 256 g/mol. The van der Waals surface area contributed by atoms with Gasteiger partial charge in [0.05, 0.1) is 6.61 Å². The number of carbonyl (C=O) groups excluding carboxylic acids is 1. The van der Waals surface area contributed by atoms with Crippen LogP contribution >= 0.6 is 12.6 Å². The topological polar surface area (TPSA) is 26.3 Å². The molecule has 0 saturated heterocycles. The van der Waals surface area contributed by atoms with Crippen LogP contribution in [0.2, 0.25) is 0 Å². The lowest BCUT2D eigenvalue weighted by atomic mass is 9.79. The molecule has 0 spiro atoms. The molecule has 0 bridgehead atoms. The van der Waals surface area contributed by atoms with Gasteiger partial charge < -0.3 is 4.74 Å². The van der Waals surface area contributed by atoms with Gasteiger partial charge in [0.2, 0.25) is 0 Å². The number of hydrogen-bond donors (Lipinski definition) is 1. The molecular formula is C16H22O2S. The number of Topliss-reactive ketones (excluding diaryl/α,β-unsaturated/α-hetero) is 1. The number of ether oxygens (including phenoxy) is 1. The summed E-state index contributed by atoms with van der Waals surface area (Å²) in [7, 11) is 0. The van der Waals surface area contributed by atoms with E-state index in [1.54, 1.807) is 0 Å². The van der Waals surface area contributed by atoms with E-state index in [2.05, 4.69) is 12.6 Å². The summed E-state index contributed by atoms with van der Waals surface area (Å²) in [6.45, 7) is 2.61. The van der Waals surface area contributed by atoms with E-state index in [1.165, 1.54) is 0 Å². The van der Waals surface area contributed by atoms with Crippen LogP contribution in [0.3, 0.4) is 0 Å². The molecule has 1 aliphatic carbocycles. The van der Waals surface area contributed by atoms with Gasteiger partial charge in [-0.15, -0.1) is 0 Å². The Balaban J connectivity index is 1.96. The van der Waals surface area contributed by atoms with Crippen LogP contribution in [0, 0.1) is 11.8 Å². The Labute approximate surface area is 121 Å². The van der Waals surface area contributed by atoms with E-state index in [9.17, 15) is 4.79 Å². The lowest BCUT2D eigenvalue weighted by molar-refractivity contribution is 0.0876. The molecule has 2 nitrogen and oxygen atoms in total. The highest BCUT2D eigenvalue weighted by atomic mass is 32.1. The maximum absolute atomic E-state index is 12.4. The van der Waals surface area contributed by atoms with Gasteiger partial charge in [0, 0.05) is 11.5 Å². The zero-order chi connectivity index (χ0) is 13.7. The van der Waals surface area contributed by atoms with Gasteiger partial charge in [0.1, 0.15) is 5.75 Å². The van der Waals surface area contributed by atoms with Crippen molar-refractivity contribution in [3.8, 4) is 5.75 Å². The number of benzene rings is 1. The average molecular weight is 278 g/mol. The molecule has 0 aliphatic heterocycles. The van der Waals surface area contributed by atoms with Crippen LogP contribution in [0.25, 0.3) is 0 Å². The largest absolute Gasteiger partial charge is 0.494 e. The summed E-state index contributed by atoms with van der Waals surface area (Å²) in [6, 6.07) is 7.54. The smallest absolute Gasteiger partial charge is 0.165 e. The Morgan fingerprint density at radius 3 is 2.37 bits per heavy atom. The first kappa shape index (κ1) is 14.4. The molecule has 19 heavy (non-hydrogen) atoms. The SMILES string of the molecule is CCOc1ccc(C(=O)C2CCC(CS)CC2)cc1. The van der Waals surface area contributed by atoms with E-state index >= 15 is 0 Å². The lowest BCUT2D eigenvalue weighted by Crippen LogP contribution is -2.22. The number of ketones is 1. The van der Waals surface area contributed by atoms with Crippen LogP contribution in [0.1, 0.15) is 43.0 Å². The molecule has 1 aliphatic rings. The zero-order valence-electron chi connectivity index (χ0n) is 11.5. The highest BCUT2D eigenvalue weighted by molar-refractivity contribution is 7.80. The highest BCUT2D eigenvalue weighted by Gasteiger charge is 2.26. The quantitative estimate of drug-likeness (QED) is 0.651. The molecule has 2 rings (SSSR count). The van der Waals surface area contributed by atoms with Crippen molar-refractivity contribution in [1.29, 1.82) is 0 Å². The second-order valence-electron chi connectivity index (χ2n) is 5.22. The summed E-state index contributed by atoms with van der Waals surface area (Å²) >= 11 is 4.35. The summed E-state index contributed by atoms with van der Waals surface area (Å²) < 4.78 is 5.39. The predicted molar refractivity (Wildman–Crippen MR) is 81.2 cm³/mol. The minimum atomic E-state index is 0.203. The van der Waals surface area contributed by atoms with E-state index in [4.69, 9.17) is 4.74 Å². The maximum Gasteiger partial charge on any atom is 0.165 e. The van der Waals surface area contributed by atoms with E-state index in [0.29, 0.717) is 18.3 Å². The Hall–Kier alpha value is -0.960. The minimum absolute atomic E-state index is 0.203. The molecule has 1 fully saturated rings. The van der Waals surface area contributed by atoms with Crippen LogP contribution in [-0.4, -0.2) is 18.1 Å². The summed E-state index contributed by atoms with van der Waals surface area (Å²) in [4.78, 5) is 12.4. The predicted octanol–water partition coefficient (Wildman–Crippen LogP) is 4.00. The van der Waals surface area contributed by atoms with Gasteiger partial charge in [-0.3, -0.25) is 4.79 Å². The second-order valence-corrected chi connectivity index (χ2v) is 5.59. The fourth-order valence-corrected chi connectivity index (χ4v) is 3.09. The van der Waals surface area contributed by atoms with Crippen molar-refractivity contribution >= 4 is 18.4 Å². The normalized spacial score (nSPS) is 23.1. The van der Waals surface area contributed by atoms with Gasteiger partial charge in [0.15, 0.2) is 5.78 Å². The van der Waals surface area contributed by atoms with Gasteiger partial charge in [-0.1, -0.05) is 0 Å². The van der Waals surface area contributed by atoms with Crippen molar-refractivity contribution in [2.75, 3.05) is 12.4 Å². The molecule has 0 atom stereocenters. The van der Waals surface area contributed by atoms with Crippen LogP contribution < -0.4 is 4.74 Å². The Morgan fingerprint density at radius 1 is 1.21 bits per heavy atom. The molecule has 0 amide bonds. The van der Waals surface area contributed by atoms with Crippen molar-refractivity contribution in [2.24, 2.45) is 11.8 Å². The molecule has 0 unspecified atom stereocenters. The molecule has 1 saturated carbocycles.